The number of benzene rings is 1. The number of rotatable bonds is 6. The van der Waals surface area contributed by atoms with Crippen molar-refractivity contribution in [3.8, 4) is 5.75 Å². The van der Waals surface area contributed by atoms with Gasteiger partial charge in [0.2, 0.25) is 0 Å². The maximum absolute atomic E-state index is 12.4. The number of hydrogen-bond donors (Lipinski definition) is 1. The molecule has 0 saturated carbocycles. The predicted molar refractivity (Wildman–Crippen MR) is 113 cm³/mol. The SMILES string of the molecule is CCNC(=NCC(C)Oc1ccc(C)cc1)N1CCN(C(=O)c2ccco2)CC1. The third kappa shape index (κ3) is 5.76. The predicted octanol–water partition coefficient (Wildman–Crippen LogP) is 2.78. The van der Waals surface area contributed by atoms with Gasteiger partial charge in [0.1, 0.15) is 11.9 Å². The Kier molecular flexibility index (Phi) is 7.16. The Morgan fingerprint density at radius 1 is 1.17 bits per heavy atom. The number of carbonyl (C=O) groups excluding carboxylic acids is 1. The number of ether oxygens (including phenoxy) is 1. The number of piperazine rings is 1. The monoisotopic (exact) mass is 398 g/mol. The molecule has 0 aliphatic carbocycles. The summed E-state index contributed by atoms with van der Waals surface area (Å²) in [6.45, 7) is 10.2. The number of guanidine groups is 1. The highest BCUT2D eigenvalue weighted by atomic mass is 16.5. The molecular formula is C22H30N4O3. The quantitative estimate of drug-likeness (QED) is 0.599. The van der Waals surface area contributed by atoms with Gasteiger partial charge in [-0.05, 0) is 45.0 Å². The summed E-state index contributed by atoms with van der Waals surface area (Å²) in [6.07, 6.45) is 1.49. The molecular weight excluding hydrogens is 368 g/mol. The number of hydrogen-bond acceptors (Lipinski definition) is 4. The van der Waals surface area contributed by atoms with Gasteiger partial charge in [0.15, 0.2) is 11.7 Å². The molecule has 7 nitrogen and oxygen atoms in total. The van der Waals surface area contributed by atoms with Gasteiger partial charge >= 0.3 is 0 Å². The van der Waals surface area contributed by atoms with Gasteiger partial charge in [-0.2, -0.15) is 0 Å². The molecule has 2 heterocycles. The lowest BCUT2D eigenvalue weighted by Crippen LogP contribution is -2.53. The van der Waals surface area contributed by atoms with Crippen LogP contribution in [0.15, 0.2) is 52.1 Å². The number of nitrogens with one attached hydrogen (secondary N) is 1. The van der Waals surface area contributed by atoms with Crippen LogP contribution < -0.4 is 10.1 Å². The van der Waals surface area contributed by atoms with Gasteiger partial charge in [-0.15, -0.1) is 0 Å². The van der Waals surface area contributed by atoms with Crippen molar-refractivity contribution in [3.63, 3.8) is 0 Å². The fourth-order valence-electron chi connectivity index (χ4n) is 3.20. The summed E-state index contributed by atoms with van der Waals surface area (Å²) in [4.78, 5) is 21.2. The zero-order valence-corrected chi connectivity index (χ0v) is 17.4. The third-order valence-electron chi connectivity index (χ3n) is 4.79. The smallest absolute Gasteiger partial charge is 0.289 e. The highest BCUT2D eigenvalue weighted by molar-refractivity contribution is 5.91. The summed E-state index contributed by atoms with van der Waals surface area (Å²) < 4.78 is 11.2. The summed E-state index contributed by atoms with van der Waals surface area (Å²) in [7, 11) is 0. The van der Waals surface area contributed by atoms with E-state index in [1.807, 2.05) is 36.1 Å². The Labute approximate surface area is 172 Å². The molecule has 1 saturated heterocycles. The molecule has 1 unspecified atom stereocenters. The van der Waals surface area contributed by atoms with Gasteiger partial charge in [-0.3, -0.25) is 4.79 Å². The first-order valence-corrected chi connectivity index (χ1v) is 10.2. The molecule has 1 atom stereocenters. The second-order valence-electron chi connectivity index (χ2n) is 7.19. The first-order chi connectivity index (χ1) is 14.1. The minimum Gasteiger partial charge on any atom is -0.489 e. The number of furan rings is 1. The van der Waals surface area contributed by atoms with E-state index in [0.717, 1.165) is 31.3 Å². The highest BCUT2D eigenvalue weighted by Crippen LogP contribution is 2.14. The van der Waals surface area contributed by atoms with E-state index >= 15 is 0 Å². The van der Waals surface area contributed by atoms with Crippen molar-refractivity contribution in [1.29, 1.82) is 0 Å². The lowest BCUT2D eigenvalue weighted by Gasteiger charge is -2.36. The number of carbonyl (C=O) groups is 1. The number of aryl methyl sites for hydroxylation is 1. The van der Waals surface area contributed by atoms with E-state index in [4.69, 9.17) is 14.1 Å². The summed E-state index contributed by atoms with van der Waals surface area (Å²) >= 11 is 0. The molecule has 0 spiro atoms. The maximum Gasteiger partial charge on any atom is 0.289 e. The van der Waals surface area contributed by atoms with Crippen molar-refractivity contribution in [3.05, 3.63) is 54.0 Å². The fourth-order valence-corrected chi connectivity index (χ4v) is 3.20. The van der Waals surface area contributed by atoms with E-state index < -0.39 is 0 Å². The fraction of sp³-hybridized carbons (Fsp3) is 0.455. The molecule has 0 bridgehead atoms. The lowest BCUT2D eigenvalue weighted by atomic mass is 10.2. The van der Waals surface area contributed by atoms with Crippen molar-refractivity contribution in [1.82, 2.24) is 15.1 Å². The van der Waals surface area contributed by atoms with Crippen molar-refractivity contribution < 1.29 is 13.9 Å². The molecule has 7 heteroatoms. The van der Waals surface area contributed by atoms with Gasteiger partial charge in [0.25, 0.3) is 5.91 Å². The van der Waals surface area contributed by atoms with Crippen LogP contribution in [0.25, 0.3) is 0 Å². The van der Waals surface area contributed by atoms with E-state index in [2.05, 4.69) is 24.1 Å². The van der Waals surface area contributed by atoms with Crippen molar-refractivity contribution in [2.24, 2.45) is 4.99 Å². The van der Waals surface area contributed by atoms with Crippen LogP contribution in [-0.4, -0.2) is 67.0 Å². The molecule has 1 aliphatic heterocycles. The Morgan fingerprint density at radius 3 is 2.48 bits per heavy atom. The number of nitrogens with zero attached hydrogens (tertiary/aromatic N) is 3. The summed E-state index contributed by atoms with van der Waals surface area (Å²) in [5, 5.41) is 3.35. The number of aliphatic imine (C=N–C) groups is 1. The molecule has 3 rings (SSSR count). The van der Waals surface area contributed by atoms with Crippen molar-refractivity contribution in [2.45, 2.75) is 26.9 Å². The van der Waals surface area contributed by atoms with E-state index in [9.17, 15) is 4.79 Å². The van der Waals surface area contributed by atoms with Gasteiger partial charge in [-0.25, -0.2) is 4.99 Å². The van der Waals surface area contributed by atoms with Crippen LogP contribution in [0.5, 0.6) is 5.75 Å². The Balaban J connectivity index is 1.53. The maximum atomic E-state index is 12.4. The van der Waals surface area contributed by atoms with Crippen LogP contribution in [0.4, 0.5) is 0 Å². The summed E-state index contributed by atoms with van der Waals surface area (Å²) in [5.41, 5.74) is 1.21. The largest absolute Gasteiger partial charge is 0.489 e. The topological polar surface area (TPSA) is 70.3 Å². The average molecular weight is 399 g/mol. The normalized spacial score (nSPS) is 15.9. The molecule has 1 N–H and O–H groups in total. The van der Waals surface area contributed by atoms with Crippen LogP contribution in [0, 0.1) is 6.92 Å². The third-order valence-corrected chi connectivity index (χ3v) is 4.79. The molecule has 1 aliphatic rings. The number of amides is 1. The molecule has 2 aromatic rings. The highest BCUT2D eigenvalue weighted by Gasteiger charge is 2.25. The summed E-state index contributed by atoms with van der Waals surface area (Å²) in [5.74, 6) is 2.04. The average Bonchev–Trinajstić information content (AvgIpc) is 3.27. The Morgan fingerprint density at radius 2 is 1.86 bits per heavy atom. The summed E-state index contributed by atoms with van der Waals surface area (Å²) in [6, 6.07) is 11.5. The first-order valence-electron chi connectivity index (χ1n) is 10.2. The minimum absolute atomic E-state index is 0.0341. The van der Waals surface area contributed by atoms with Crippen LogP contribution in [-0.2, 0) is 0 Å². The van der Waals surface area contributed by atoms with Gasteiger partial charge in [0, 0.05) is 32.7 Å². The van der Waals surface area contributed by atoms with E-state index in [-0.39, 0.29) is 12.0 Å². The van der Waals surface area contributed by atoms with Crippen molar-refractivity contribution >= 4 is 11.9 Å². The van der Waals surface area contributed by atoms with Crippen LogP contribution >= 0.6 is 0 Å². The molecule has 1 aromatic heterocycles. The second kappa shape index (κ2) is 10.0. The molecule has 1 amide bonds. The molecule has 0 radical (unpaired) electrons. The Hall–Kier alpha value is -2.96. The minimum atomic E-state index is -0.0586. The second-order valence-corrected chi connectivity index (χ2v) is 7.19. The molecule has 1 aromatic carbocycles. The van der Waals surface area contributed by atoms with Crippen LogP contribution in [0.2, 0.25) is 0 Å². The zero-order chi connectivity index (χ0) is 20.6. The van der Waals surface area contributed by atoms with Gasteiger partial charge in [-0.1, -0.05) is 17.7 Å². The van der Waals surface area contributed by atoms with Crippen LogP contribution in [0.1, 0.15) is 30.0 Å². The van der Waals surface area contributed by atoms with Crippen LogP contribution in [0.3, 0.4) is 0 Å². The Bertz CT molecular complexity index is 794. The molecule has 29 heavy (non-hydrogen) atoms. The van der Waals surface area contributed by atoms with E-state index in [1.54, 1.807) is 12.1 Å². The molecule has 1 fully saturated rings. The van der Waals surface area contributed by atoms with Gasteiger partial charge in [0.05, 0.1) is 12.8 Å². The zero-order valence-electron chi connectivity index (χ0n) is 17.4. The lowest BCUT2D eigenvalue weighted by molar-refractivity contribution is 0.0657. The van der Waals surface area contributed by atoms with Crippen molar-refractivity contribution in [2.75, 3.05) is 39.3 Å². The van der Waals surface area contributed by atoms with E-state index in [0.29, 0.717) is 25.4 Å². The first kappa shape index (κ1) is 20.8. The van der Waals surface area contributed by atoms with E-state index in [1.165, 1.54) is 11.8 Å². The van der Waals surface area contributed by atoms with Gasteiger partial charge < -0.3 is 24.3 Å². The standard InChI is InChI=1S/C22H30N4O3/c1-4-23-22(24-16-18(3)29-19-9-7-17(2)8-10-19)26-13-11-25(12-14-26)21(27)20-6-5-15-28-20/h5-10,15,18H,4,11-14,16H2,1-3H3,(H,23,24). The molecule has 156 valence electrons.